The molecule has 0 bridgehead atoms. The van der Waals surface area contributed by atoms with Crippen LogP contribution in [0, 0.1) is 0 Å². The summed E-state index contributed by atoms with van der Waals surface area (Å²) in [4.78, 5) is 25.8. The number of ether oxygens (including phenoxy) is 1. The van der Waals surface area contributed by atoms with Crippen molar-refractivity contribution in [3.05, 3.63) is 28.2 Å². The first-order valence-corrected chi connectivity index (χ1v) is 8.40. The fourth-order valence-electron chi connectivity index (χ4n) is 2.93. The lowest BCUT2D eigenvalue weighted by molar-refractivity contribution is -0.124. The summed E-state index contributed by atoms with van der Waals surface area (Å²) >= 11 is 3.44. The Hall–Kier alpha value is -1.40. The Morgan fingerprint density at radius 2 is 2.27 bits per heavy atom. The lowest BCUT2D eigenvalue weighted by Gasteiger charge is -2.29. The number of nitrogens with one attached hydrogen (secondary N) is 1. The second-order valence-corrected chi connectivity index (χ2v) is 6.61. The van der Waals surface area contributed by atoms with Crippen molar-refractivity contribution in [2.75, 3.05) is 24.6 Å². The van der Waals surface area contributed by atoms with Crippen LogP contribution in [0.15, 0.2) is 22.7 Å². The first-order valence-electron chi connectivity index (χ1n) is 7.60. The second kappa shape index (κ2) is 6.79. The molecule has 5 nitrogen and oxygen atoms in total. The molecular formula is C16H19BrN2O3. The molecule has 0 spiro atoms. The van der Waals surface area contributed by atoms with Crippen LogP contribution in [0.2, 0.25) is 0 Å². The molecule has 2 aliphatic heterocycles. The summed E-state index contributed by atoms with van der Waals surface area (Å²) in [6.07, 6.45) is 3.32. The predicted molar refractivity (Wildman–Crippen MR) is 86.8 cm³/mol. The molecule has 1 fully saturated rings. The number of halogens is 1. The predicted octanol–water partition coefficient (Wildman–Crippen LogP) is 2.02. The fraction of sp³-hybridized carbons (Fsp3) is 0.500. The summed E-state index contributed by atoms with van der Waals surface area (Å²) in [6, 6.07) is 5.80. The van der Waals surface area contributed by atoms with E-state index in [1.807, 2.05) is 18.2 Å². The highest BCUT2D eigenvalue weighted by atomic mass is 79.9. The summed E-state index contributed by atoms with van der Waals surface area (Å²) in [5.74, 6) is -0.137. The van der Waals surface area contributed by atoms with Crippen LogP contribution in [0.5, 0.6) is 0 Å². The maximum atomic E-state index is 12.1. The van der Waals surface area contributed by atoms with Gasteiger partial charge in [0.1, 0.15) is 6.54 Å². The zero-order valence-electron chi connectivity index (χ0n) is 12.3. The number of rotatable bonds is 4. The minimum Gasteiger partial charge on any atom is -0.376 e. The van der Waals surface area contributed by atoms with Gasteiger partial charge in [-0.1, -0.05) is 15.9 Å². The molecule has 0 aromatic heterocycles. The van der Waals surface area contributed by atoms with Crippen LogP contribution < -0.4 is 10.2 Å². The third-order valence-electron chi connectivity index (χ3n) is 4.09. The SMILES string of the molecule is O=C(CN1C(=O)CCc2cc(Br)ccc21)NCC1CCCO1. The highest BCUT2D eigenvalue weighted by Gasteiger charge is 2.26. The fourth-order valence-corrected chi connectivity index (χ4v) is 3.34. The molecule has 1 N–H and O–H groups in total. The van der Waals surface area contributed by atoms with E-state index in [0.29, 0.717) is 13.0 Å². The summed E-state index contributed by atoms with van der Waals surface area (Å²) in [7, 11) is 0. The van der Waals surface area contributed by atoms with Gasteiger partial charge in [-0.25, -0.2) is 0 Å². The Bertz CT molecular complexity index is 585. The van der Waals surface area contributed by atoms with Crippen LogP contribution in [0.1, 0.15) is 24.8 Å². The topological polar surface area (TPSA) is 58.6 Å². The second-order valence-electron chi connectivity index (χ2n) is 5.69. The maximum absolute atomic E-state index is 12.1. The van der Waals surface area contributed by atoms with Gasteiger partial charge in [0.05, 0.1) is 6.10 Å². The number of nitrogens with zero attached hydrogens (tertiary/aromatic N) is 1. The number of aryl methyl sites for hydroxylation is 1. The number of carbonyl (C=O) groups is 2. The van der Waals surface area contributed by atoms with Crippen molar-refractivity contribution in [2.45, 2.75) is 31.8 Å². The molecule has 2 aliphatic rings. The van der Waals surface area contributed by atoms with Crippen LogP contribution >= 0.6 is 15.9 Å². The Kier molecular flexibility index (Phi) is 4.78. The molecule has 1 aromatic rings. The van der Waals surface area contributed by atoms with E-state index < -0.39 is 0 Å². The van der Waals surface area contributed by atoms with Crippen molar-refractivity contribution in [1.82, 2.24) is 5.32 Å². The van der Waals surface area contributed by atoms with E-state index in [9.17, 15) is 9.59 Å². The summed E-state index contributed by atoms with van der Waals surface area (Å²) < 4.78 is 6.47. The molecule has 22 heavy (non-hydrogen) atoms. The number of hydrogen-bond acceptors (Lipinski definition) is 3. The van der Waals surface area contributed by atoms with Gasteiger partial charge in [-0.15, -0.1) is 0 Å². The molecule has 118 valence electrons. The number of amides is 2. The van der Waals surface area contributed by atoms with Crippen molar-refractivity contribution in [3.63, 3.8) is 0 Å². The summed E-state index contributed by atoms with van der Waals surface area (Å²) in [5, 5.41) is 2.87. The lowest BCUT2D eigenvalue weighted by atomic mass is 10.0. The number of fused-ring (bicyclic) bond motifs is 1. The Morgan fingerprint density at radius 3 is 3.05 bits per heavy atom. The van der Waals surface area contributed by atoms with E-state index in [-0.39, 0.29) is 24.5 Å². The zero-order chi connectivity index (χ0) is 15.5. The Balaban J connectivity index is 1.63. The van der Waals surface area contributed by atoms with E-state index in [4.69, 9.17) is 4.74 Å². The minimum atomic E-state index is -0.139. The van der Waals surface area contributed by atoms with Gasteiger partial charge < -0.3 is 15.0 Å². The van der Waals surface area contributed by atoms with Gasteiger partial charge in [-0.2, -0.15) is 0 Å². The van der Waals surface area contributed by atoms with Gasteiger partial charge in [-0.3, -0.25) is 9.59 Å². The Morgan fingerprint density at radius 1 is 1.41 bits per heavy atom. The Labute approximate surface area is 138 Å². The molecule has 0 radical (unpaired) electrons. The number of benzene rings is 1. The van der Waals surface area contributed by atoms with Crippen molar-refractivity contribution >= 4 is 33.4 Å². The molecule has 1 atom stereocenters. The molecule has 0 aliphatic carbocycles. The third-order valence-corrected chi connectivity index (χ3v) is 4.59. The van der Waals surface area contributed by atoms with Gasteiger partial charge in [0.2, 0.25) is 11.8 Å². The first-order chi connectivity index (χ1) is 10.6. The van der Waals surface area contributed by atoms with Crippen LogP contribution in [0.25, 0.3) is 0 Å². The standard InChI is InChI=1S/C16H19BrN2O3/c17-12-4-5-14-11(8-12)3-6-16(21)19(14)10-15(20)18-9-13-2-1-7-22-13/h4-5,8,13H,1-3,6-7,9-10H2,(H,18,20). The average Bonchev–Trinajstić information content (AvgIpc) is 3.01. The first kappa shape index (κ1) is 15.5. The molecular weight excluding hydrogens is 348 g/mol. The summed E-state index contributed by atoms with van der Waals surface area (Å²) in [5.41, 5.74) is 1.94. The molecule has 1 unspecified atom stereocenters. The van der Waals surface area contributed by atoms with Gasteiger partial charge >= 0.3 is 0 Å². The van der Waals surface area contributed by atoms with E-state index in [0.717, 1.165) is 41.6 Å². The van der Waals surface area contributed by atoms with Gasteiger partial charge in [0, 0.05) is 29.7 Å². The van der Waals surface area contributed by atoms with E-state index >= 15 is 0 Å². The van der Waals surface area contributed by atoms with Crippen molar-refractivity contribution < 1.29 is 14.3 Å². The van der Waals surface area contributed by atoms with Crippen LogP contribution in [-0.2, 0) is 20.7 Å². The molecule has 3 rings (SSSR count). The molecule has 2 amide bonds. The average molecular weight is 367 g/mol. The van der Waals surface area contributed by atoms with Crippen molar-refractivity contribution in [2.24, 2.45) is 0 Å². The maximum Gasteiger partial charge on any atom is 0.240 e. The van der Waals surface area contributed by atoms with Crippen LogP contribution in [-0.4, -0.2) is 37.6 Å². The van der Waals surface area contributed by atoms with Crippen LogP contribution in [0.4, 0.5) is 5.69 Å². The highest BCUT2D eigenvalue weighted by Crippen LogP contribution is 2.30. The normalized spacial score (nSPS) is 20.9. The van der Waals surface area contributed by atoms with Crippen molar-refractivity contribution in [1.29, 1.82) is 0 Å². The number of anilines is 1. The van der Waals surface area contributed by atoms with Gasteiger partial charge in [0.25, 0.3) is 0 Å². The van der Waals surface area contributed by atoms with Gasteiger partial charge in [-0.05, 0) is 43.0 Å². The molecule has 2 heterocycles. The van der Waals surface area contributed by atoms with E-state index in [1.165, 1.54) is 0 Å². The number of hydrogen-bond donors (Lipinski definition) is 1. The highest BCUT2D eigenvalue weighted by molar-refractivity contribution is 9.10. The largest absolute Gasteiger partial charge is 0.376 e. The molecule has 1 aromatic carbocycles. The van der Waals surface area contributed by atoms with Crippen LogP contribution in [0.3, 0.4) is 0 Å². The summed E-state index contributed by atoms with van der Waals surface area (Å²) in [6.45, 7) is 1.36. The monoisotopic (exact) mass is 366 g/mol. The molecule has 1 saturated heterocycles. The van der Waals surface area contributed by atoms with E-state index in [2.05, 4.69) is 21.2 Å². The smallest absolute Gasteiger partial charge is 0.240 e. The molecule has 0 saturated carbocycles. The van der Waals surface area contributed by atoms with Crippen molar-refractivity contribution in [3.8, 4) is 0 Å². The van der Waals surface area contributed by atoms with Gasteiger partial charge in [0.15, 0.2) is 0 Å². The quantitative estimate of drug-likeness (QED) is 0.886. The number of carbonyl (C=O) groups excluding carboxylic acids is 2. The van der Waals surface area contributed by atoms with E-state index in [1.54, 1.807) is 4.90 Å². The minimum absolute atomic E-state index is 0.00193. The lowest BCUT2D eigenvalue weighted by Crippen LogP contribution is -2.44. The molecule has 6 heteroatoms. The third kappa shape index (κ3) is 3.50. The zero-order valence-corrected chi connectivity index (χ0v) is 13.9.